The molecule has 158 valence electrons. The number of ether oxygens (including phenoxy) is 2. The van der Waals surface area contributed by atoms with Crippen molar-refractivity contribution in [2.24, 2.45) is 5.92 Å². The van der Waals surface area contributed by atoms with Gasteiger partial charge in [0, 0.05) is 12.2 Å². The van der Waals surface area contributed by atoms with Crippen LogP contribution in [0.15, 0.2) is 48.2 Å². The second kappa shape index (κ2) is 9.22. The molecule has 7 heteroatoms. The van der Waals surface area contributed by atoms with Crippen LogP contribution in [0.25, 0.3) is 5.57 Å². The molecule has 3 rings (SSSR count). The molecule has 1 heterocycles. The maximum atomic E-state index is 12.9. The number of benzene rings is 2. The molecule has 2 aromatic rings. The molecule has 0 fully saturated rings. The number of hydrogen-bond acceptors (Lipinski definition) is 5. The van der Waals surface area contributed by atoms with Crippen molar-refractivity contribution in [2.45, 2.75) is 20.8 Å². The van der Waals surface area contributed by atoms with E-state index in [1.807, 2.05) is 0 Å². The third kappa shape index (κ3) is 4.44. The highest BCUT2D eigenvalue weighted by molar-refractivity contribution is 6.36. The first kappa shape index (κ1) is 21.7. The molecule has 0 saturated heterocycles. The Morgan fingerprint density at radius 2 is 1.77 bits per heavy atom. The van der Waals surface area contributed by atoms with Gasteiger partial charge in [-0.05, 0) is 48.7 Å². The van der Waals surface area contributed by atoms with Gasteiger partial charge >= 0.3 is 0 Å². The number of amides is 2. The minimum atomic E-state index is -0.371. The Hall–Kier alpha value is -2.99. The first-order valence-corrected chi connectivity index (χ1v) is 10.2. The first-order chi connectivity index (χ1) is 14.3. The summed E-state index contributed by atoms with van der Waals surface area (Å²) in [6.07, 6.45) is 0. The van der Waals surface area contributed by atoms with E-state index in [-0.39, 0.29) is 24.1 Å². The monoisotopic (exact) mass is 428 g/mol. The Balaban J connectivity index is 1.96. The van der Waals surface area contributed by atoms with Crippen molar-refractivity contribution in [1.82, 2.24) is 4.90 Å². The number of halogens is 1. The van der Waals surface area contributed by atoms with Crippen molar-refractivity contribution in [2.75, 3.05) is 25.6 Å². The lowest BCUT2D eigenvalue weighted by atomic mass is 10.0. The van der Waals surface area contributed by atoms with E-state index < -0.39 is 0 Å². The molecule has 1 N–H and O–H groups in total. The highest BCUT2D eigenvalue weighted by Crippen LogP contribution is 2.33. The van der Waals surface area contributed by atoms with Gasteiger partial charge in [-0.2, -0.15) is 0 Å². The van der Waals surface area contributed by atoms with Gasteiger partial charge in [0.15, 0.2) is 0 Å². The van der Waals surface area contributed by atoms with Crippen LogP contribution in [0.1, 0.15) is 26.3 Å². The van der Waals surface area contributed by atoms with Gasteiger partial charge < -0.3 is 14.8 Å². The van der Waals surface area contributed by atoms with Gasteiger partial charge in [-0.1, -0.05) is 37.6 Å². The molecule has 30 heavy (non-hydrogen) atoms. The van der Waals surface area contributed by atoms with Gasteiger partial charge in [-0.15, -0.1) is 0 Å². The van der Waals surface area contributed by atoms with Crippen molar-refractivity contribution < 1.29 is 19.1 Å². The molecule has 6 nitrogen and oxygen atoms in total. The Labute approximate surface area is 181 Å². The zero-order valence-electron chi connectivity index (χ0n) is 17.5. The number of anilines is 1. The summed E-state index contributed by atoms with van der Waals surface area (Å²) < 4.78 is 10.9. The molecule has 2 aromatic carbocycles. The van der Waals surface area contributed by atoms with Crippen molar-refractivity contribution in [3.05, 3.63) is 58.7 Å². The van der Waals surface area contributed by atoms with E-state index in [1.54, 1.807) is 49.4 Å². The fourth-order valence-electron chi connectivity index (χ4n) is 3.12. The topological polar surface area (TPSA) is 67.9 Å². The second-order valence-electron chi connectivity index (χ2n) is 7.31. The van der Waals surface area contributed by atoms with E-state index in [4.69, 9.17) is 21.1 Å². The molecule has 0 saturated carbocycles. The molecule has 0 bridgehead atoms. The highest BCUT2D eigenvalue weighted by atomic mass is 35.5. The number of carbonyl (C=O) groups is 2. The van der Waals surface area contributed by atoms with Crippen molar-refractivity contribution in [1.29, 1.82) is 0 Å². The number of likely N-dealkylation sites (N-methyl/N-ethyl adjacent to an activating group) is 1. The largest absolute Gasteiger partial charge is 0.495 e. The van der Waals surface area contributed by atoms with Gasteiger partial charge in [0.25, 0.3) is 11.8 Å². The van der Waals surface area contributed by atoms with Gasteiger partial charge in [0.1, 0.15) is 17.2 Å². The van der Waals surface area contributed by atoms with E-state index in [1.165, 1.54) is 12.0 Å². The van der Waals surface area contributed by atoms with Crippen molar-refractivity contribution in [3.63, 3.8) is 0 Å². The summed E-state index contributed by atoms with van der Waals surface area (Å²) in [5.74, 6) is 0.947. The minimum Gasteiger partial charge on any atom is -0.495 e. The van der Waals surface area contributed by atoms with E-state index in [0.29, 0.717) is 45.9 Å². The van der Waals surface area contributed by atoms with Gasteiger partial charge in [0.05, 0.1) is 24.3 Å². The fraction of sp³-hybridized carbons (Fsp3) is 0.304. The molecular weight excluding hydrogens is 404 g/mol. The quantitative estimate of drug-likeness (QED) is 0.622. The zero-order valence-corrected chi connectivity index (χ0v) is 18.2. The maximum Gasteiger partial charge on any atom is 0.278 e. The van der Waals surface area contributed by atoms with Crippen LogP contribution in [0.3, 0.4) is 0 Å². The number of hydrogen-bond donors (Lipinski definition) is 1. The Morgan fingerprint density at radius 3 is 2.33 bits per heavy atom. The maximum absolute atomic E-state index is 12.9. The number of imide groups is 1. The Kier molecular flexibility index (Phi) is 6.67. The lowest BCUT2D eigenvalue weighted by molar-refractivity contribution is -0.136. The van der Waals surface area contributed by atoms with E-state index in [0.717, 1.165) is 0 Å². The predicted molar refractivity (Wildman–Crippen MR) is 118 cm³/mol. The Morgan fingerprint density at radius 1 is 1.07 bits per heavy atom. The Bertz CT molecular complexity index is 983. The van der Waals surface area contributed by atoms with E-state index >= 15 is 0 Å². The number of nitrogens with zero attached hydrogens (tertiary/aromatic N) is 1. The summed E-state index contributed by atoms with van der Waals surface area (Å²) in [5.41, 5.74) is 1.77. The van der Waals surface area contributed by atoms with Gasteiger partial charge in [-0.25, -0.2) is 0 Å². The summed E-state index contributed by atoms with van der Waals surface area (Å²) in [6.45, 7) is 6.80. The SMILES string of the molecule is CCN1C(=O)C(Nc2ccc(OC)c(Cl)c2)=C(c2ccc(OCC(C)C)cc2)C1=O. The smallest absolute Gasteiger partial charge is 0.278 e. The normalized spacial score (nSPS) is 14.0. The average Bonchev–Trinajstić information content (AvgIpc) is 2.96. The number of carbonyl (C=O) groups excluding carboxylic acids is 2. The lowest BCUT2D eigenvalue weighted by Crippen LogP contribution is -2.32. The zero-order chi connectivity index (χ0) is 21.8. The minimum absolute atomic E-state index is 0.221. The molecule has 0 atom stereocenters. The summed E-state index contributed by atoms with van der Waals surface area (Å²) in [4.78, 5) is 27.0. The van der Waals surface area contributed by atoms with Crippen LogP contribution in [0, 0.1) is 5.92 Å². The third-order valence-electron chi connectivity index (χ3n) is 4.63. The van der Waals surface area contributed by atoms with Crippen LogP contribution >= 0.6 is 11.6 Å². The van der Waals surface area contributed by atoms with E-state index in [2.05, 4.69) is 19.2 Å². The van der Waals surface area contributed by atoms with Crippen LogP contribution in [0.2, 0.25) is 5.02 Å². The van der Waals surface area contributed by atoms with Crippen LogP contribution in [0.4, 0.5) is 5.69 Å². The second-order valence-corrected chi connectivity index (χ2v) is 7.72. The number of nitrogens with one attached hydrogen (secondary N) is 1. The molecule has 2 amide bonds. The van der Waals surface area contributed by atoms with Crippen molar-refractivity contribution >= 4 is 34.7 Å². The summed E-state index contributed by atoms with van der Waals surface area (Å²) in [5, 5.41) is 3.48. The van der Waals surface area contributed by atoms with Crippen LogP contribution in [-0.2, 0) is 9.59 Å². The molecule has 0 radical (unpaired) electrons. The summed E-state index contributed by atoms with van der Waals surface area (Å²) in [7, 11) is 1.53. The molecule has 0 unspecified atom stereocenters. The van der Waals surface area contributed by atoms with E-state index in [9.17, 15) is 9.59 Å². The summed E-state index contributed by atoms with van der Waals surface area (Å²) in [6, 6.07) is 12.3. The molecule has 1 aliphatic heterocycles. The van der Waals surface area contributed by atoms with Crippen LogP contribution < -0.4 is 14.8 Å². The van der Waals surface area contributed by atoms with Crippen molar-refractivity contribution in [3.8, 4) is 11.5 Å². The molecule has 0 spiro atoms. The molecule has 1 aliphatic rings. The first-order valence-electron chi connectivity index (χ1n) is 9.80. The lowest BCUT2D eigenvalue weighted by Gasteiger charge is -2.12. The molecular formula is C23H25ClN2O4. The summed E-state index contributed by atoms with van der Waals surface area (Å²) >= 11 is 6.20. The average molecular weight is 429 g/mol. The number of rotatable bonds is 8. The standard InChI is InChI=1S/C23H25ClN2O4/c1-5-26-22(27)20(15-6-9-17(10-7-15)30-13-14(2)3)21(23(26)28)25-16-8-11-19(29-4)18(24)12-16/h6-12,14,25H,5,13H2,1-4H3. The van der Waals surface area contributed by atoms with Gasteiger partial charge in [0.2, 0.25) is 0 Å². The molecule has 0 aliphatic carbocycles. The van der Waals surface area contributed by atoms with Crippen LogP contribution in [-0.4, -0.2) is 37.0 Å². The highest BCUT2D eigenvalue weighted by Gasteiger charge is 2.38. The third-order valence-corrected chi connectivity index (χ3v) is 4.93. The molecule has 0 aromatic heterocycles. The van der Waals surface area contributed by atoms with Gasteiger partial charge in [-0.3, -0.25) is 14.5 Å². The predicted octanol–water partition coefficient (Wildman–Crippen LogP) is 4.60. The number of methoxy groups -OCH3 is 1. The van der Waals surface area contributed by atoms with Crippen LogP contribution in [0.5, 0.6) is 11.5 Å². The fourth-order valence-corrected chi connectivity index (χ4v) is 3.37.